The van der Waals surface area contributed by atoms with Crippen LogP contribution in [0.3, 0.4) is 0 Å². The van der Waals surface area contributed by atoms with Gasteiger partial charge in [0.1, 0.15) is 0 Å². The number of hydrogen-bond donors (Lipinski definition) is 0. The van der Waals surface area contributed by atoms with Crippen LogP contribution >= 0.6 is 7.92 Å². The van der Waals surface area contributed by atoms with Gasteiger partial charge in [0.05, 0.1) is 11.6 Å². The maximum Gasteiger partial charge on any atom is 0.0994 e. The molecule has 0 unspecified atom stereocenters. The van der Waals surface area contributed by atoms with Gasteiger partial charge in [-0.2, -0.15) is 5.26 Å². The molecule has 0 heterocycles. The normalized spacial score (nSPS) is 9.83. The Morgan fingerprint density at radius 2 is 2.00 bits per heavy atom. The van der Waals surface area contributed by atoms with Crippen LogP contribution in [0.5, 0.6) is 0 Å². The summed E-state index contributed by atoms with van der Waals surface area (Å²) in [4.78, 5) is 0. The highest BCUT2D eigenvalue weighted by Gasteiger charge is 2.01. The Morgan fingerprint density at radius 3 is 2.58 bits per heavy atom. The van der Waals surface area contributed by atoms with Gasteiger partial charge < -0.3 is 0 Å². The second kappa shape index (κ2) is 4.24. The maximum absolute atomic E-state index is 8.79. The molecule has 0 saturated heterocycles. The van der Waals surface area contributed by atoms with E-state index in [1.165, 1.54) is 5.56 Å². The molecular formula is C10H12NP. The van der Waals surface area contributed by atoms with E-state index in [1.54, 1.807) is 0 Å². The first kappa shape index (κ1) is 9.23. The third-order valence-electron chi connectivity index (χ3n) is 1.62. The van der Waals surface area contributed by atoms with Crippen molar-refractivity contribution in [3.8, 4) is 6.07 Å². The molecule has 1 rings (SSSR count). The Morgan fingerprint density at radius 1 is 1.33 bits per heavy atom. The molecule has 0 bridgehead atoms. The van der Waals surface area contributed by atoms with E-state index in [2.05, 4.69) is 19.4 Å². The van der Waals surface area contributed by atoms with Crippen LogP contribution in [-0.4, -0.2) is 13.3 Å². The summed E-state index contributed by atoms with van der Waals surface area (Å²) < 4.78 is 0. The summed E-state index contributed by atoms with van der Waals surface area (Å²) in [5.41, 5.74) is 2.02. The molecule has 0 aliphatic carbocycles. The molecule has 0 saturated carbocycles. The van der Waals surface area contributed by atoms with Crippen molar-refractivity contribution in [1.82, 2.24) is 0 Å². The molecule has 0 atom stereocenters. The summed E-state index contributed by atoms with van der Waals surface area (Å²) in [6.45, 7) is 4.45. The molecule has 0 aliphatic heterocycles. The molecule has 0 spiro atoms. The number of nitriles is 1. The molecule has 1 nitrogen and oxygen atoms in total. The molecule has 2 heteroatoms. The number of benzene rings is 1. The molecule has 0 aliphatic rings. The molecule has 0 amide bonds. The third-order valence-corrected chi connectivity index (χ3v) is 2.60. The van der Waals surface area contributed by atoms with Gasteiger partial charge in [-0.05, 0) is 31.1 Å². The van der Waals surface area contributed by atoms with E-state index in [9.17, 15) is 0 Å². The number of hydrogen-bond acceptors (Lipinski definition) is 1. The third kappa shape index (κ3) is 2.32. The minimum Gasteiger partial charge on any atom is -0.192 e. The molecule has 0 fully saturated rings. The first-order chi connectivity index (χ1) is 5.74. The van der Waals surface area contributed by atoms with E-state index in [0.29, 0.717) is 0 Å². The van der Waals surface area contributed by atoms with E-state index >= 15 is 0 Å². The average molecular weight is 177 g/mol. The average Bonchev–Trinajstić information content (AvgIpc) is 2.04. The maximum atomic E-state index is 8.79. The van der Waals surface area contributed by atoms with Crippen molar-refractivity contribution in [1.29, 1.82) is 5.26 Å². The van der Waals surface area contributed by atoms with Gasteiger partial charge in [0.15, 0.2) is 0 Å². The summed E-state index contributed by atoms with van der Waals surface area (Å²) >= 11 is 0. The predicted molar refractivity (Wildman–Crippen MR) is 53.6 cm³/mol. The van der Waals surface area contributed by atoms with Gasteiger partial charge >= 0.3 is 0 Å². The molecule has 62 valence electrons. The van der Waals surface area contributed by atoms with Gasteiger partial charge in [0, 0.05) is 0 Å². The topological polar surface area (TPSA) is 23.8 Å². The van der Waals surface area contributed by atoms with E-state index in [1.807, 2.05) is 24.3 Å². The second-order valence-electron chi connectivity index (χ2n) is 3.01. The van der Waals surface area contributed by atoms with E-state index in [0.717, 1.165) is 11.7 Å². The Labute approximate surface area is 74.8 Å². The quantitative estimate of drug-likeness (QED) is 0.637. The van der Waals surface area contributed by atoms with Gasteiger partial charge in [0.2, 0.25) is 0 Å². The minimum absolute atomic E-state index is 0.0502. The van der Waals surface area contributed by atoms with Crippen LogP contribution < -0.4 is 0 Å². The zero-order chi connectivity index (χ0) is 8.97. The Bertz CT molecular complexity index is 299. The van der Waals surface area contributed by atoms with Gasteiger partial charge in [-0.3, -0.25) is 0 Å². The smallest absolute Gasteiger partial charge is 0.0994 e. The van der Waals surface area contributed by atoms with Gasteiger partial charge in [-0.1, -0.05) is 18.2 Å². The lowest BCUT2D eigenvalue weighted by Gasteiger charge is -2.06. The fourth-order valence-corrected chi connectivity index (χ4v) is 2.07. The van der Waals surface area contributed by atoms with Crippen molar-refractivity contribution in [3.63, 3.8) is 0 Å². The highest BCUT2D eigenvalue weighted by Crippen LogP contribution is 2.31. The second-order valence-corrected chi connectivity index (χ2v) is 5.48. The molecule has 1 aromatic carbocycles. The van der Waals surface area contributed by atoms with Gasteiger partial charge in [-0.25, -0.2) is 0 Å². The largest absolute Gasteiger partial charge is 0.192 e. The lowest BCUT2D eigenvalue weighted by atomic mass is 10.1. The van der Waals surface area contributed by atoms with Crippen LogP contribution in [0.15, 0.2) is 24.3 Å². The predicted octanol–water partition coefficient (Wildman–Crippen LogP) is 2.80. The Hall–Kier alpha value is -0.860. The van der Waals surface area contributed by atoms with Crippen LogP contribution in [-0.2, 0) is 6.16 Å². The van der Waals surface area contributed by atoms with E-state index < -0.39 is 0 Å². The van der Waals surface area contributed by atoms with Crippen LogP contribution in [0.4, 0.5) is 0 Å². The van der Waals surface area contributed by atoms with Crippen molar-refractivity contribution in [2.75, 3.05) is 13.3 Å². The highest BCUT2D eigenvalue weighted by molar-refractivity contribution is 7.55. The summed E-state index contributed by atoms with van der Waals surface area (Å²) in [7, 11) is 0.0502. The summed E-state index contributed by atoms with van der Waals surface area (Å²) in [5, 5.41) is 8.79. The van der Waals surface area contributed by atoms with Crippen LogP contribution in [0.2, 0.25) is 0 Å². The highest BCUT2D eigenvalue weighted by atomic mass is 31.1. The first-order valence-corrected chi connectivity index (χ1v) is 6.29. The molecular weight excluding hydrogens is 165 g/mol. The lowest BCUT2D eigenvalue weighted by molar-refractivity contribution is 1.34. The number of nitrogens with zero attached hydrogens (tertiary/aromatic N) is 1. The van der Waals surface area contributed by atoms with Crippen molar-refractivity contribution < 1.29 is 0 Å². The number of rotatable bonds is 2. The zero-order valence-electron chi connectivity index (χ0n) is 7.41. The minimum atomic E-state index is 0.0502. The van der Waals surface area contributed by atoms with Crippen LogP contribution in [0, 0.1) is 11.3 Å². The molecule has 0 radical (unpaired) electrons. The summed E-state index contributed by atoms with van der Waals surface area (Å²) in [6, 6.07) is 10.0. The van der Waals surface area contributed by atoms with Crippen LogP contribution in [0.25, 0.3) is 0 Å². The Balaban J connectivity index is 2.91. The lowest BCUT2D eigenvalue weighted by Crippen LogP contribution is -1.87. The molecule has 0 N–H and O–H groups in total. The van der Waals surface area contributed by atoms with Gasteiger partial charge in [-0.15, -0.1) is 7.92 Å². The Kier molecular flexibility index (Phi) is 3.26. The summed E-state index contributed by atoms with van der Waals surface area (Å²) in [5.74, 6) is 0. The van der Waals surface area contributed by atoms with Crippen molar-refractivity contribution in [2.45, 2.75) is 6.16 Å². The zero-order valence-corrected chi connectivity index (χ0v) is 8.31. The molecule has 1 aromatic rings. The fourth-order valence-electron chi connectivity index (χ4n) is 1.11. The van der Waals surface area contributed by atoms with E-state index in [-0.39, 0.29) is 7.92 Å². The SMILES string of the molecule is CP(C)Cc1ccccc1C#N. The van der Waals surface area contributed by atoms with Crippen molar-refractivity contribution >= 4 is 7.92 Å². The first-order valence-electron chi connectivity index (χ1n) is 3.87. The fraction of sp³-hybridized carbons (Fsp3) is 0.300. The van der Waals surface area contributed by atoms with Gasteiger partial charge in [0.25, 0.3) is 0 Å². The van der Waals surface area contributed by atoms with Crippen LogP contribution in [0.1, 0.15) is 11.1 Å². The summed E-state index contributed by atoms with van der Waals surface area (Å²) in [6.07, 6.45) is 1.05. The monoisotopic (exact) mass is 177 g/mol. The molecule has 0 aromatic heterocycles. The van der Waals surface area contributed by atoms with E-state index in [4.69, 9.17) is 5.26 Å². The van der Waals surface area contributed by atoms with Crippen molar-refractivity contribution in [2.24, 2.45) is 0 Å². The van der Waals surface area contributed by atoms with Crippen molar-refractivity contribution in [3.05, 3.63) is 35.4 Å². The molecule has 12 heavy (non-hydrogen) atoms. The standard InChI is InChI=1S/C10H12NP/c1-12(2)8-10-6-4-3-5-9(10)7-11/h3-6H,8H2,1-2H3.